The summed E-state index contributed by atoms with van der Waals surface area (Å²) in [7, 11) is 0. The van der Waals surface area contributed by atoms with Crippen molar-refractivity contribution in [2.24, 2.45) is 45.5 Å². The molecule has 0 unspecified atom stereocenters. The maximum absolute atomic E-state index is 14.4. The fraction of sp³-hybridized carbons (Fsp3) is 0.651. The standard InChI is InChI=1S/C43H67N7O7/c1-7-46-18-11-14-32(51)23-28(13-10-19-47-42(44)45)40(55)50-20-12-17-35(50)36(52)24-29(22-31-26-48-34-16-9-8-15-33(31)34)39(54)49-38(43(4,5)6)37(53)25-30(41(56)57)21-27(2)3/h8-9,15-16,26-30,35,38,46,48H,7,10-14,17-25H2,1-6H3,(H,49,54)(H,56,57)(H4,44,45,47)/t28-,29-,30-,35+,38-/m1/s1. The maximum atomic E-state index is 14.4. The van der Waals surface area contributed by atoms with E-state index < -0.39 is 47.1 Å². The topological polar surface area (TPSA) is 230 Å². The zero-order valence-electron chi connectivity index (χ0n) is 34.9. The highest BCUT2D eigenvalue weighted by atomic mass is 16.4. The minimum Gasteiger partial charge on any atom is -0.481 e. The van der Waals surface area contributed by atoms with Gasteiger partial charge in [0.15, 0.2) is 17.5 Å². The third kappa shape index (κ3) is 14.7. The lowest BCUT2D eigenvalue weighted by Crippen LogP contribution is -2.52. The number of benzene rings is 1. The van der Waals surface area contributed by atoms with Gasteiger partial charge in [0.2, 0.25) is 11.8 Å². The SMILES string of the molecule is CCNCCCC(=O)C[C@@H](CCCN=C(N)N)C(=O)N1CCC[C@H]1C(=O)C[C@@H](Cc1c[nH]c2ccccc12)C(=O)N[C@H](C(=O)C[C@@H](CC(C)C)C(=O)O)C(C)(C)C. The number of rotatable bonds is 25. The van der Waals surface area contributed by atoms with Gasteiger partial charge >= 0.3 is 5.97 Å². The van der Waals surface area contributed by atoms with Crippen molar-refractivity contribution < 1.29 is 33.9 Å². The summed E-state index contributed by atoms with van der Waals surface area (Å²) >= 11 is 0. The lowest BCUT2D eigenvalue weighted by atomic mass is 9.80. The molecule has 2 amide bonds. The second kappa shape index (κ2) is 22.4. The number of carboxylic acids is 1. The number of carboxylic acid groups (broad SMARTS) is 1. The van der Waals surface area contributed by atoms with Crippen LogP contribution in [0.1, 0.15) is 111 Å². The second-order valence-corrected chi connectivity index (χ2v) is 17.1. The highest BCUT2D eigenvalue weighted by molar-refractivity contribution is 5.97. The number of hydrogen-bond acceptors (Lipinski definition) is 8. The lowest BCUT2D eigenvalue weighted by Gasteiger charge is -2.33. The summed E-state index contributed by atoms with van der Waals surface area (Å²) in [5, 5.41) is 16.9. The van der Waals surface area contributed by atoms with E-state index in [2.05, 4.69) is 20.6 Å². The average molecular weight is 794 g/mol. The molecule has 1 fully saturated rings. The van der Waals surface area contributed by atoms with Crippen LogP contribution < -0.4 is 22.1 Å². The fourth-order valence-electron chi connectivity index (χ4n) is 7.87. The molecule has 8 N–H and O–H groups in total. The Kier molecular flexibility index (Phi) is 18.4. The van der Waals surface area contributed by atoms with Crippen LogP contribution in [0.5, 0.6) is 0 Å². The van der Waals surface area contributed by atoms with Crippen molar-refractivity contribution in [3.8, 4) is 0 Å². The number of aromatic nitrogens is 1. The number of aliphatic carboxylic acids is 1. The number of guanidine groups is 1. The minimum absolute atomic E-state index is 0.0209. The van der Waals surface area contributed by atoms with E-state index >= 15 is 0 Å². The Morgan fingerprint density at radius 2 is 1.72 bits per heavy atom. The van der Waals surface area contributed by atoms with E-state index in [9.17, 15) is 33.9 Å². The molecule has 2 aromatic rings. The van der Waals surface area contributed by atoms with Crippen molar-refractivity contribution in [2.75, 3.05) is 26.2 Å². The number of H-pyrrole nitrogens is 1. The Bertz CT molecular complexity index is 1710. The predicted octanol–water partition coefficient (Wildman–Crippen LogP) is 4.53. The number of hydrogen-bond donors (Lipinski definition) is 6. The van der Waals surface area contributed by atoms with E-state index in [-0.39, 0.29) is 60.8 Å². The van der Waals surface area contributed by atoms with E-state index in [0.29, 0.717) is 64.6 Å². The molecule has 14 heteroatoms. The summed E-state index contributed by atoms with van der Waals surface area (Å²) in [6.45, 7) is 13.4. The number of aliphatic imine (C=N–C) groups is 1. The van der Waals surface area contributed by atoms with Gasteiger partial charge in [-0.1, -0.05) is 59.7 Å². The lowest BCUT2D eigenvalue weighted by molar-refractivity contribution is -0.145. The van der Waals surface area contributed by atoms with Crippen molar-refractivity contribution in [1.82, 2.24) is 20.5 Å². The summed E-state index contributed by atoms with van der Waals surface area (Å²) in [6.07, 6.45) is 4.85. The maximum Gasteiger partial charge on any atom is 0.306 e. The highest BCUT2D eigenvalue weighted by Crippen LogP contribution is 2.30. The van der Waals surface area contributed by atoms with Gasteiger partial charge in [-0.25, -0.2) is 0 Å². The first-order valence-corrected chi connectivity index (χ1v) is 20.6. The summed E-state index contributed by atoms with van der Waals surface area (Å²) in [5.41, 5.74) is 12.0. The molecule has 1 aliphatic rings. The van der Waals surface area contributed by atoms with Crippen LogP contribution in [0.3, 0.4) is 0 Å². The Morgan fingerprint density at radius 1 is 1.00 bits per heavy atom. The van der Waals surface area contributed by atoms with Crippen LogP contribution in [-0.2, 0) is 35.2 Å². The number of amides is 2. The number of nitrogens with one attached hydrogen (secondary N) is 3. The van der Waals surface area contributed by atoms with E-state index in [1.165, 1.54) is 0 Å². The largest absolute Gasteiger partial charge is 0.481 e. The van der Waals surface area contributed by atoms with E-state index in [1.54, 1.807) is 4.90 Å². The van der Waals surface area contributed by atoms with Crippen LogP contribution in [0, 0.1) is 29.1 Å². The van der Waals surface area contributed by atoms with Crippen LogP contribution in [0.2, 0.25) is 0 Å². The number of carbonyl (C=O) groups excluding carboxylic acids is 5. The Balaban J connectivity index is 1.89. The van der Waals surface area contributed by atoms with Crippen molar-refractivity contribution in [1.29, 1.82) is 0 Å². The molecule has 1 aromatic heterocycles. The summed E-state index contributed by atoms with van der Waals surface area (Å²) < 4.78 is 0. The number of aromatic amines is 1. The first-order chi connectivity index (χ1) is 26.9. The quantitative estimate of drug-likeness (QED) is 0.0467. The Hall–Kier alpha value is -4.59. The zero-order valence-corrected chi connectivity index (χ0v) is 34.9. The fourth-order valence-corrected chi connectivity index (χ4v) is 7.87. The van der Waals surface area contributed by atoms with Gasteiger partial charge in [-0.05, 0) is 81.0 Å². The molecule has 5 atom stereocenters. The molecule has 1 aliphatic heterocycles. The van der Waals surface area contributed by atoms with Gasteiger partial charge < -0.3 is 37.1 Å². The summed E-state index contributed by atoms with van der Waals surface area (Å²) in [5.74, 6) is -4.90. The highest BCUT2D eigenvalue weighted by Gasteiger charge is 2.41. The number of carbonyl (C=O) groups is 6. The Morgan fingerprint density at radius 3 is 2.37 bits per heavy atom. The van der Waals surface area contributed by atoms with Gasteiger partial charge in [-0.3, -0.25) is 33.8 Å². The number of nitrogens with zero attached hydrogens (tertiary/aromatic N) is 2. The van der Waals surface area contributed by atoms with Crippen LogP contribution in [0.4, 0.5) is 0 Å². The summed E-state index contributed by atoms with van der Waals surface area (Å²) in [4.78, 5) is 90.8. The molecule has 0 aliphatic carbocycles. The molecule has 316 valence electrons. The molecule has 14 nitrogen and oxygen atoms in total. The Labute approximate surface area is 337 Å². The van der Waals surface area contributed by atoms with Gasteiger partial charge in [0.05, 0.1) is 18.0 Å². The first-order valence-electron chi connectivity index (χ1n) is 20.6. The van der Waals surface area contributed by atoms with Gasteiger partial charge in [0.25, 0.3) is 0 Å². The van der Waals surface area contributed by atoms with Crippen molar-refractivity contribution in [3.63, 3.8) is 0 Å². The van der Waals surface area contributed by atoms with Gasteiger partial charge in [-0.2, -0.15) is 0 Å². The zero-order chi connectivity index (χ0) is 42.3. The molecular formula is C43H67N7O7. The number of fused-ring (bicyclic) bond motifs is 1. The van der Waals surface area contributed by atoms with Crippen molar-refractivity contribution >= 4 is 52.0 Å². The molecular weight excluding hydrogens is 727 g/mol. The predicted molar refractivity (Wildman–Crippen MR) is 222 cm³/mol. The molecule has 0 radical (unpaired) electrons. The second-order valence-electron chi connectivity index (χ2n) is 17.1. The molecule has 1 saturated heterocycles. The normalized spacial score (nSPS) is 16.5. The number of Topliss-reactive ketones (excluding diaryl/α,β-unsaturated/α-hetero) is 3. The molecule has 0 bridgehead atoms. The van der Waals surface area contributed by atoms with Crippen LogP contribution in [0.25, 0.3) is 10.9 Å². The molecule has 2 heterocycles. The molecule has 0 saturated carbocycles. The van der Waals surface area contributed by atoms with E-state index in [4.69, 9.17) is 11.5 Å². The number of likely N-dealkylation sites (tertiary alicyclic amines) is 1. The van der Waals surface area contributed by atoms with Gasteiger partial charge in [0.1, 0.15) is 5.78 Å². The number of nitrogens with two attached hydrogens (primary N) is 2. The third-order valence-corrected chi connectivity index (χ3v) is 10.8. The third-order valence-electron chi connectivity index (χ3n) is 10.8. The van der Waals surface area contributed by atoms with Crippen LogP contribution in [-0.4, -0.2) is 94.3 Å². The van der Waals surface area contributed by atoms with E-state index in [0.717, 1.165) is 23.0 Å². The first kappa shape index (κ1) is 46.8. The molecule has 0 spiro atoms. The molecule has 3 rings (SSSR count). The smallest absolute Gasteiger partial charge is 0.306 e. The average Bonchev–Trinajstić information content (AvgIpc) is 3.80. The van der Waals surface area contributed by atoms with E-state index in [1.807, 2.05) is 72.0 Å². The number of ketones is 3. The number of para-hydroxylation sites is 1. The van der Waals surface area contributed by atoms with Gasteiger partial charge in [-0.15, -0.1) is 0 Å². The van der Waals surface area contributed by atoms with Crippen molar-refractivity contribution in [3.05, 3.63) is 36.0 Å². The minimum atomic E-state index is -1.06. The summed E-state index contributed by atoms with van der Waals surface area (Å²) in [6, 6.07) is 5.88. The molecule has 57 heavy (non-hydrogen) atoms. The van der Waals surface area contributed by atoms with Crippen LogP contribution in [0.15, 0.2) is 35.5 Å². The van der Waals surface area contributed by atoms with Crippen molar-refractivity contribution in [2.45, 2.75) is 124 Å². The monoisotopic (exact) mass is 794 g/mol. The van der Waals surface area contributed by atoms with Crippen LogP contribution >= 0.6 is 0 Å². The van der Waals surface area contributed by atoms with Gasteiger partial charge in [0, 0.05) is 67.7 Å². The molecule has 1 aromatic carbocycles.